The fraction of sp³-hybridized carbons (Fsp3) is 0.545. The van der Waals surface area contributed by atoms with Gasteiger partial charge in [-0.3, -0.25) is 9.59 Å². The number of fused-ring (bicyclic) bond motifs is 2. The summed E-state index contributed by atoms with van der Waals surface area (Å²) in [6, 6.07) is 7.61. The molecule has 1 aromatic rings. The van der Waals surface area contributed by atoms with Crippen LogP contribution >= 0.6 is 0 Å². The molecule has 3 aliphatic heterocycles. The van der Waals surface area contributed by atoms with Gasteiger partial charge in [0.25, 0.3) is 0 Å². The first-order chi connectivity index (χ1) is 13.5. The zero-order chi connectivity index (χ0) is 19.7. The quantitative estimate of drug-likeness (QED) is 0.764. The minimum absolute atomic E-state index is 0.0565. The van der Waals surface area contributed by atoms with E-state index in [0.717, 1.165) is 43.6 Å². The van der Waals surface area contributed by atoms with Gasteiger partial charge < -0.3 is 20.7 Å². The molecule has 1 aromatic carbocycles. The van der Waals surface area contributed by atoms with E-state index in [2.05, 4.69) is 5.32 Å². The lowest BCUT2D eigenvalue weighted by Gasteiger charge is -2.35. The molecule has 0 saturated carbocycles. The average Bonchev–Trinajstić information content (AvgIpc) is 3.28. The standard InChI is InChI=1S/C22H29N3O3/c1-14-3-2-4-16(13-14)24-19(26)8-5-15-9-11-25(12-10-15)22(27)20-17-6-7-18(28-17)21(20)23/h2-4,6-7,13,15,17-18,20-21H,5,8-12,23H2,1H3,(H,24,26)/t17-,18+,20-,21+/m0/s1. The van der Waals surface area contributed by atoms with Crippen molar-refractivity contribution in [3.05, 3.63) is 42.0 Å². The van der Waals surface area contributed by atoms with Crippen molar-refractivity contribution in [3.8, 4) is 0 Å². The van der Waals surface area contributed by atoms with Crippen molar-refractivity contribution in [2.45, 2.75) is 50.9 Å². The maximum Gasteiger partial charge on any atom is 0.230 e. The Hall–Kier alpha value is -2.18. The largest absolute Gasteiger partial charge is 0.364 e. The number of rotatable bonds is 5. The topological polar surface area (TPSA) is 84.7 Å². The summed E-state index contributed by atoms with van der Waals surface area (Å²) in [6.07, 6.45) is 6.93. The highest BCUT2D eigenvalue weighted by atomic mass is 16.5. The first-order valence-electron chi connectivity index (χ1n) is 10.3. The number of hydrogen-bond donors (Lipinski definition) is 2. The highest BCUT2D eigenvalue weighted by Crippen LogP contribution is 2.35. The second-order valence-electron chi connectivity index (χ2n) is 8.28. The van der Waals surface area contributed by atoms with Crippen LogP contribution in [-0.4, -0.2) is 48.1 Å². The van der Waals surface area contributed by atoms with Crippen molar-refractivity contribution < 1.29 is 14.3 Å². The minimum Gasteiger partial charge on any atom is -0.364 e. The fourth-order valence-corrected chi connectivity index (χ4v) is 4.58. The molecule has 2 fully saturated rings. The van der Waals surface area contributed by atoms with Crippen molar-refractivity contribution in [2.75, 3.05) is 18.4 Å². The number of hydrogen-bond acceptors (Lipinski definition) is 4. The molecule has 4 rings (SSSR count). The molecule has 0 radical (unpaired) electrons. The molecule has 0 aliphatic carbocycles. The summed E-state index contributed by atoms with van der Waals surface area (Å²) in [5.41, 5.74) is 8.17. The summed E-state index contributed by atoms with van der Waals surface area (Å²) in [6.45, 7) is 3.50. The van der Waals surface area contributed by atoms with E-state index in [1.807, 2.05) is 48.2 Å². The second kappa shape index (κ2) is 8.05. The molecule has 3 heterocycles. The number of amides is 2. The number of anilines is 1. The van der Waals surface area contributed by atoms with Gasteiger partial charge in [0, 0.05) is 31.2 Å². The van der Waals surface area contributed by atoms with Crippen LogP contribution in [0, 0.1) is 18.8 Å². The smallest absolute Gasteiger partial charge is 0.230 e. The van der Waals surface area contributed by atoms with Crippen LogP contribution in [0.5, 0.6) is 0 Å². The molecule has 6 nitrogen and oxygen atoms in total. The van der Waals surface area contributed by atoms with Crippen molar-refractivity contribution >= 4 is 17.5 Å². The van der Waals surface area contributed by atoms with Crippen LogP contribution in [0.1, 0.15) is 31.2 Å². The average molecular weight is 383 g/mol. The lowest BCUT2D eigenvalue weighted by molar-refractivity contribution is -0.138. The molecule has 3 aliphatic rings. The van der Waals surface area contributed by atoms with Crippen LogP contribution in [0.2, 0.25) is 0 Å². The van der Waals surface area contributed by atoms with E-state index in [9.17, 15) is 9.59 Å². The predicted molar refractivity (Wildman–Crippen MR) is 108 cm³/mol. The first-order valence-corrected chi connectivity index (χ1v) is 10.3. The molecule has 0 unspecified atom stereocenters. The van der Waals surface area contributed by atoms with Gasteiger partial charge in [-0.2, -0.15) is 0 Å². The van der Waals surface area contributed by atoms with Crippen molar-refractivity contribution in [1.82, 2.24) is 4.90 Å². The molecule has 28 heavy (non-hydrogen) atoms. The molecule has 4 atom stereocenters. The maximum absolute atomic E-state index is 12.9. The Morgan fingerprint density at radius 2 is 1.96 bits per heavy atom. The van der Waals surface area contributed by atoms with Crippen molar-refractivity contribution in [1.29, 1.82) is 0 Å². The molecule has 2 bridgehead atoms. The number of carbonyl (C=O) groups is 2. The van der Waals surface area contributed by atoms with Gasteiger partial charge in [-0.05, 0) is 49.8 Å². The Bertz CT molecular complexity index is 770. The third kappa shape index (κ3) is 3.98. The lowest BCUT2D eigenvalue weighted by Crippen LogP contribution is -2.50. The van der Waals surface area contributed by atoms with E-state index in [4.69, 9.17) is 10.5 Å². The summed E-state index contributed by atoms with van der Waals surface area (Å²) in [7, 11) is 0. The van der Waals surface area contributed by atoms with Crippen LogP contribution in [0.15, 0.2) is 36.4 Å². The number of piperidine rings is 1. The highest BCUT2D eigenvalue weighted by Gasteiger charge is 2.49. The zero-order valence-electron chi connectivity index (χ0n) is 16.3. The van der Waals surface area contributed by atoms with E-state index in [-0.39, 0.29) is 36.0 Å². The van der Waals surface area contributed by atoms with Gasteiger partial charge in [0.05, 0.1) is 18.1 Å². The molecule has 6 heteroatoms. The summed E-state index contributed by atoms with van der Waals surface area (Å²) >= 11 is 0. The fourth-order valence-electron chi connectivity index (χ4n) is 4.58. The van der Waals surface area contributed by atoms with Gasteiger partial charge in [-0.15, -0.1) is 0 Å². The second-order valence-corrected chi connectivity index (χ2v) is 8.28. The van der Waals surface area contributed by atoms with Crippen molar-refractivity contribution in [3.63, 3.8) is 0 Å². The van der Waals surface area contributed by atoms with Gasteiger partial charge in [0.1, 0.15) is 0 Å². The van der Waals surface area contributed by atoms with Gasteiger partial charge >= 0.3 is 0 Å². The van der Waals surface area contributed by atoms with E-state index in [0.29, 0.717) is 12.3 Å². The zero-order valence-corrected chi connectivity index (χ0v) is 16.3. The predicted octanol–water partition coefficient (Wildman–Crippen LogP) is 2.23. The van der Waals surface area contributed by atoms with Gasteiger partial charge in [0.15, 0.2) is 0 Å². The third-order valence-corrected chi connectivity index (χ3v) is 6.25. The van der Waals surface area contributed by atoms with Crippen LogP contribution in [0.25, 0.3) is 0 Å². The number of nitrogens with zero attached hydrogens (tertiary/aromatic N) is 1. The van der Waals surface area contributed by atoms with E-state index >= 15 is 0 Å². The number of likely N-dealkylation sites (tertiary alicyclic amines) is 1. The molecule has 2 saturated heterocycles. The molecule has 150 valence electrons. The lowest BCUT2D eigenvalue weighted by atomic mass is 9.86. The molecular formula is C22H29N3O3. The number of benzene rings is 1. The highest BCUT2D eigenvalue weighted by molar-refractivity contribution is 5.90. The molecule has 0 spiro atoms. The van der Waals surface area contributed by atoms with Gasteiger partial charge in [0.2, 0.25) is 11.8 Å². The van der Waals surface area contributed by atoms with Crippen LogP contribution < -0.4 is 11.1 Å². The molecule has 2 amide bonds. The molecule has 0 aromatic heterocycles. The van der Waals surface area contributed by atoms with Crippen LogP contribution in [0.4, 0.5) is 5.69 Å². The SMILES string of the molecule is Cc1cccc(NC(=O)CCC2CCN(C(=O)[C@@H]3[C@H](N)[C@H]4C=C[C@@H]3O4)CC2)c1. The Morgan fingerprint density at radius 3 is 2.64 bits per heavy atom. The monoisotopic (exact) mass is 383 g/mol. The van der Waals surface area contributed by atoms with E-state index in [1.165, 1.54) is 0 Å². The van der Waals surface area contributed by atoms with Gasteiger partial charge in [-0.25, -0.2) is 0 Å². The van der Waals surface area contributed by atoms with E-state index < -0.39 is 0 Å². The normalized spacial score (nSPS) is 29.3. The summed E-state index contributed by atoms with van der Waals surface area (Å²) in [4.78, 5) is 27.0. The third-order valence-electron chi connectivity index (χ3n) is 6.25. The van der Waals surface area contributed by atoms with Gasteiger partial charge in [-0.1, -0.05) is 24.3 Å². The van der Waals surface area contributed by atoms with Crippen LogP contribution in [-0.2, 0) is 14.3 Å². The number of nitrogens with two attached hydrogens (primary N) is 1. The Labute approximate surface area is 166 Å². The number of carbonyl (C=O) groups excluding carboxylic acids is 2. The maximum atomic E-state index is 12.9. The Balaban J connectivity index is 1.21. The summed E-state index contributed by atoms with van der Waals surface area (Å²) in [5.74, 6) is 0.421. The number of ether oxygens (including phenoxy) is 1. The van der Waals surface area contributed by atoms with E-state index in [1.54, 1.807) is 0 Å². The minimum atomic E-state index is -0.244. The summed E-state index contributed by atoms with van der Waals surface area (Å²) < 4.78 is 5.72. The Kier molecular flexibility index (Phi) is 5.51. The number of nitrogens with one attached hydrogen (secondary N) is 1. The molecule has 3 N–H and O–H groups in total. The van der Waals surface area contributed by atoms with Crippen molar-refractivity contribution in [2.24, 2.45) is 17.6 Å². The first kappa shape index (κ1) is 19.2. The van der Waals surface area contributed by atoms with Crippen LogP contribution in [0.3, 0.4) is 0 Å². The summed E-state index contributed by atoms with van der Waals surface area (Å²) in [5, 5.41) is 2.97. The Morgan fingerprint density at radius 1 is 1.21 bits per heavy atom. The number of aryl methyl sites for hydroxylation is 1. The molecular weight excluding hydrogens is 354 g/mol.